The lowest BCUT2D eigenvalue weighted by Crippen LogP contribution is -2.36. The van der Waals surface area contributed by atoms with E-state index in [1.165, 1.54) is 0 Å². The predicted octanol–water partition coefficient (Wildman–Crippen LogP) is 7.38. The number of aryl methyl sites for hydroxylation is 1. The van der Waals surface area contributed by atoms with E-state index in [1.807, 2.05) is 94.4 Å². The number of carbonyl (C=O) groups excluding carboxylic acids is 1. The van der Waals surface area contributed by atoms with Crippen LogP contribution in [0.1, 0.15) is 49.3 Å². The summed E-state index contributed by atoms with van der Waals surface area (Å²) in [6.45, 7) is 7.78. The molecule has 1 unspecified atom stereocenters. The number of ether oxygens (including phenoxy) is 1. The smallest absolute Gasteiger partial charge is 0.414 e. The van der Waals surface area contributed by atoms with E-state index in [4.69, 9.17) is 30.7 Å². The molecule has 7 heteroatoms. The van der Waals surface area contributed by atoms with E-state index < -0.39 is 11.7 Å². The number of alkyl halides is 1. The molecule has 5 rings (SSSR count). The van der Waals surface area contributed by atoms with Crippen LogP contribution in [0.2, 0.25) is 0 Å². The number of anilines is 1. The molecule has 2 heterocycles. The van der Waals surface area contributed by atoms with Crippen LogP contribution in [0.25, 0.3) is 11.1 Å². The molecule has 0 bridgehead atoms. The fourth-order valence-corrected chi connectivity index (χ4v) is 4.77. The Labute approximate surface area is 215 Å². The number of carbonyl (C=O) groups is 1. The Kier molecular flexibility index (Phi) is 6.31. The van der Waals surface area contributed by atoms with Crippen molar-refractivity contribution in [2.24, 2.45) is 4.99 Å². The van der Waals surface area contributed by atoms with Gasteiger partial charge in [-0.3, -0.25) is 4.90 Å². The Morgan fingerprint density at radius 2 is 1.72 bits per heavy atom. The summed E-state index contributed by atoms with van der Waals surface area (Å²) in [5, 5.41) is 0. The fourth-order valence-electron chi connectivity index (χ4n) is 4.52. The van der Waals surface area contributed by atoms with E-state index in [0.717, 1.165) is 22.4 Å². The monoisotopic (exact) mass is 501 g/mol. The normalized spacial score (nSPS) is 15.1. The Morgan fingerprint density at radius 3 is 2.28 bits per heavy atom. The van der Waals surface area contributed by atoms with Crippen LogP contribution in [0.4, 0.5) is 16.2 Å². The molecule has 184 valence electrons. The first kappa shape index (κ1) is 24.1. The Hall–Kier alpha value is -3.64. The summed E-state index contributed by atoms with van der Waals surface area (Å²) in [5.41, 5.74) is 5.56. The molecule has 0 aliphatic carbocycles. The molecule has 6 nitrogen and oxygen atoms in total. The van der Waals surface area contributed by atoms with Crippen LogP contribution in [-0.2, 0) is 4.74 Å². The van der Waals surface area contributed by atoms with Gasteiger partial charge in [0.2, 0.25) is 0 Å². The number of hydrogen-bond acceptors (Lipinski definition) is 5. The number of aromatic nitrogens is 1. The molecule has 3 aromatic carbocycles. The van der Waals surface area contributed by atoms with Crippen LogP contribution in [-0.4, -0.2) is 34.8 Å². The van der Waals surface area contributed by atoms with E-state index in [1.54, 1.807) is 4.90 Å². The number of benzene rings is 3. The summed E-state index contributed by atoms with van der Waals surface area (Å²) in [4.78, 5) is 24.6. The van der Waals surface area contributed by atoms with Crippen molar-refractivity contribution in [3.8, 4) is 0 Å². The number of halogens is 1. The van der Waals surface area contributed by atoms with E-state index in [0.29, 0.717) is 40.8 Å². The molecule has 36 heavy (non-hydrogen) atoms. The standard InChI is InChI=1S/C29H28ClN3O3/c1-18-31-26-24-21(16-30)17-33(28(34)36-29(2,3)4)23(24)15-22(27(26)35-18)32-25(19-11-7-5-8-12-19)20-13-9-6-10-14-20/h5-15,21H,16-17H2,1-4H3. The molecule has 0 fully saturated rings. The maximum Gasteiger partial charge on any atom is 0.414 e. The molecule has 1 aliphatic rings. The van der Waals surface area contributed by atoms with Crippen molar-refractivity contribution in [2.45, 2.75) is 39.2 Å². The first-order valence-corrected chi connectivity index (χ1v) is 12.5. The molecule has 1 aromatic heterocycles. The molecule has 1 atom stereocenters. The maximum atomic E-state index is 13.2. The number of rotatable bonds is 4. The lowest BCUT2D eigenvalue weighted by Gasteiger charge is -2.25. The largest absolute Gasteiger partial charge is 0.443 e. The number of amides is 1. The molecular weight excluding hydrogens is 474 g/mol. The summed E-state index contributed by atoms with van der Waals surface area (Å²) < 4.78 is 11.8. The highest BCUT2D eigenvalue weighted by Gasteiger charge is 2.38. The predicted molar refractivity (Wildman–Crippen MR) is 144 cm³/mol. The second-order valence-electron chi connectivity index (χ2n) is 9.87. The SMILES string of the molecule is Cc1nc2c3c(cc(N=C(c4ccccc4)c4ccccc4)c2o1)N(C(=O)OC(C)(C)C)CC3CCl. The highest BCUT2D eigenvalue weighted by atomic mass is 35.5. The lowest BCUT2D eigenvalue weighted by molar-refractivity contribution is 0.0582. The quantitative estimate of drug-likeness (QED) is 0.216. The van der Waals surface area contributed by atoms with E-state index >= 15 is 0 Å². The maximum absolute atomic E-state index is 13.2. The summed E-state index contributed by atoms with van der Waals surface area (Å²) in [6.07, 6.45) is -0.419. The average molecular weight is 502 g/mol. The molecule has 1 amide bonds. The summed E-state index contributed by atoms with van der Waals surface area (Å²) in [6, 6.07) is 21.9. The van der Waals surface area contributed by atoms with Gasteiger partial charge in [0, 0.05) is 42.0 Å². The third-order valence-electron chi connectivity index (χ3n) is 6.00. The fraction of sp³-hybridized carbons (Fsp3) is 0.276. The van der Waals surface area contributed by atoms with Gasteiger partial charge in [-0.2, -0.15) is 0 Å². The van der Waals surface area contributed by atoms with Gasteiger partial charge in [-0.15, -0.1) is 11.6 Å². The minimum atomic E-state index is -0.625. The number of oxazole rings is 1. The van der Waals surface area contributed by atoms with E-state index in [-0.39, 0.29) is 5.92 Å². The van der Waals surface area contributed by atoms with E-state index in [9.17, 15) is 4.79 Å². The summed E-state index contributed by atoms with van der Waals surface area (Å²) in [7, 11) is 0. The van der Waals surface area contributed by atoms with Gasteiger partial charge in [-0.05, 0) is 26.8 Å². The van der Waals surface area contributed by atoms with Gasteiger partial charge in [0.1, 0.15) is 16.8 Å². The molecule has 0 saturated heterocycles. The second-order valence-corrected chi connectivity index (χ2v) is 10.2. The number of fused-ring (bicyclic) bond motifs is 3. The van der Waals surface area contributed by atoms with Crippen LogP contribution in [0.15, 0.2) is 76.1 Å². The molecule has 0 spiro atoms. The van der Waals surface area contributed by atoms with Crippen molar-refractivity contribution < 1.29 is 13.9 Å². The van der Waals surface area contributed by atoms with Crippen LogP contribution in [0.5, 0.6) is 0 Å². The van der Waals surface area contributed by atoms with E-state index in [2.05, 4.69) is 0 Å². The van der Waals surface area contributed by atoms with Gasteiger partial charge in [0.05, 0.1) is 11.4 Å². The van der Waals surface area contributed by atoms with Crippen molar-refractivity contribution >= 4 is 45.9 Å². The number of aliphatic imine (C=N–C) groups is 1. The number of nitrogens with zero attached hydrogens (tertiary/aromatic N) is 3. The first-order chi connectivity index (χ1) is 17.2. The minimum Gasteiger partial charge on any atom is -0.443 e. The van der Waals surface area contributed by atoms with Gasteiger partial charge in [0.15, 0.2) is 11.5 Å². The average Bonchev–Trinajstić information content (AvgIpc) is 3.42. The second kappa shape index (κ2) is 9.43. The zero-order valence-corrected chi connectivity index (χ0v) is 21.5. The molecule has 0 N–H and O–H groups in total. The Bertz CT molecular complexity index is 1400. The minimum absolute atomic E-state index is 0.0954. The molecular formula is C29H28ClN3O3. The topological polar surface area (TPSA) is 67.9 Å². The van der Waals surface area contributed by atoms with Crippen molar-refractivity contribution in [1.82, 2.24) is 4.98 Å². The zero-order chi connectivity index (χ0) is 25.4. The molecule has 0 radical (unpaired) electrons. The van der Waals surface area contributed by atoms with Gasteiger partial charge >= 0.3 is 6.09 Å². The van der Waals surface area contributed by atoms with Gasteiger partial charge in [0.25, 0.3) is 0 Å². The number of hydrogen-bond donors (Lipinski definition) is 0. The first-order valence-electron chi connectivity index (χ1n) is 11.9. The highest BCUT2D eigenvalue weighted by Crippen LogP contribution is 2.46. The van der Waals surface area contributed by atoms with Crippen LogP contribution in [0.3, 0.4) is 0 Å². The molecule has 0 saturated carbocycles. The van der Waals surface area contributed by atoms with Crippen molar-refractivity contribution in [3.05, 3.63) is 89.3 Å². The molecule has 1 aliphatic heterocycles. The molecule has 4 aromatic rings. The van der Waals surface area contributed by atoms with Gasteiger partial charge in [-0.1, -0.05) is 60.7 Å². The van der Waals surface area contributed by atoms with Crippen molar-refractivity contribution in [3.63, 3.8) is 0 Å². The van der Waals surface area contributed by atoms with Crippen molar-refractivity contribution in [2.75, 3.05) is 17.3 Å². The van der Waals surface area contributed by atoms with Crippen LogP contribution in [0, 0.1) is 6.92 Å². The zero-order valence-electron chi connectivity index (χ0n) is 20.8. The van der Waals surface area contributed by atoms with Crippen LogP contribution < -0.4 is 4.90 Å². The Morgan fingerprint density at radius 1 is 1.11 bits per heavy atom. The van der Waals surface area contributed by atoms with Gasteiger partial charge < -0.3 is 9.15 Å². The third-order valence-corrected chi connectivity index (χ3v) is 6.37. The highest BCUT2D eigenvalue weighted by molar-refractivity contribution is 6.19. The van der Waals surface area contributed by atoms with Crippen molar-refractivity contribution in [1.29, 1.82) is 0 Å². The summed E-state index contributed by atoms with van der Waals surface area (Å²) in [5.74, 6) is 0.775. The summed E-state index contributed by atoms with van der Waals surface area (Å²) >= 11 is 6.37. The Balaban J connectivity index is 1.74. The lowest BCUT2D eigenvalue weighted by atomic mass is 10.00. The third kappa shape index (κ3) is 4.61. The van der Waals surface area contributed by atoms with Gasteiger partial charge in [-0.25, -0.2) is 14.8 Å². The van der Waals surface area contributed by atoms with Crippen LogP contribution >= 0.6 is 11.6 Å².